The number of hydrogen-bond acceptors (Lipinski definition) is 4. The Hall–Kier alpha value is -1.20. The van der Waals surface area contributed by atoms with Crippen LogP contribution in [0.2, 0.25) is 0 Å². The molecular weight excluding hydrogens is 282 g/mol. The molecule has 22 heavy (non-hydrogen) atoms. The molecule has 1 saturated heterocycles. The lowest BCUT2D eigenvalue weighted by molar-refractivity contribution is -0.143. The number of carbonyl (C=O) groups is 2. The second-order valence-electron chi connectivity index (χ2n) is 6.09. The highest BCUT2D eigenvalue weighted by Gasteiger charge is 2.32. The molecule has 1 amide bonds. The first-order valence-corrected chi connectivity index (χ1v) is 8.21. The van der Waals surface area contributed by atoms with E-state index in [2.05, 4.69) is 0 Å². The summed E-state index contributed by atoms with van der Waals surface area (Å²) in [5.74, 6) is 0.215. The summed E-state index contributed by atoms with van der Waals surface area (Å²) in [5.41, 5.74) is 0. The first kappa shape index (κ1) is 18.8. The average molecular weight is 311 g/mol. The summed E-state index contributed by atoms with van der Waals surface area (Å²) in [6.45, 7) is 5.56. The number of aldehydes is 1. The van der Waals surface area contributed by atoms with Crippen molar-refractivity contribution in [2.45, 2.75) is 45.6 Å². The van der Waals surface area contributed by atoms with Crippen LogP contribution in [-0.4, -0.2) is 54.6 Å². The van der Waals surface area contributed by atoms with Gasteiger partial charge in [-0.1, -0.05) is 26.0 Å². The van der Waals surface area contributed by atoms with Gasteiger partial charge < -0.3 is 19.5 Å². The van der Waals surface area contributed by atoms with Crippen molar-refractivity contribution in [3.8, 4) is 0 Å². The van der Waals surface area contributed by atoms with Crippen LogP contribution in [0.15, 0.2) is 12.2 Å². The maximum Gasteiger partial charge on any atom is 0.226 e. The fourth-order valence-corrected chi connectivity index (χ4v) is 2.77. The Morgan fingerprint density at radius 3 is 2.77 bits per heavy atom. The van der Waals surface area contributed by atoms with Gasteiger partial charge in [0.1, 0.15) is 6.29 Å². The SMILES string of the molecule is CC(C)[C@@H](C/C=C\COCCO)C(=O)N1CCCCC1C=O. The molecule has 0 bridgehead atoms. The molecule has 1 aliphatic heterocycles. The normalized spacial score (nSPS) is 20.5. The average Bonchev–Trinajstić information content (AvgIpc) is 2.53. The molecule has 1 unspecified atom stereocenters. The quantitative estimate of drug-likeness (QED) is 0.400. The molecule has 5 heteroatoms. The second kappa shape index (κ2) is 10.5. The van der Waals surface area contributed by atoms with E-state index >= 15 is 0 Å². The summed E-state index contributed by atoms with van der Waals surface area (Å²) in [7, 11) is 0. The third kappa shape index (κ3) is 5.89. The summed E-state index contributed by atoms with van der Waals surface area (Å²) >= 11 is 0. The van der Waals surface area contributed by atoms with Crippen molar-refractivity contribution in [1.29, 1.82) is 0 Å². The molecule has 1 rings (SSSR count). The van der Waals surface area contributed by atoms with E-state index in [1.54, 1.807) is 4.90 Å². The van der Waals surface area contributed by atoms with Gasteiger partial charge in [-0.15, -0.1) is 0 Å². The molecule has 1 heterocycles. The minimum absolute atomic E-state index is 0.0169. The van der Waals surface area contributed by atoms with Gasteiger partial charge in [-0.05, 0) is 31.6 Å². The Balaban J connectivity index is 2.57. The van der Waals surface area contributed by atoms with Gasteiger partial charge >= 0.3 is 0 Å². The standard InChI is InChI=1S/C17H29NO4/c1-14(2)16(8-4-6-11-22-12-10-19)17(21)18-9-5-3-7-15(18)13-20/h4,6,13-16,19H,3,5,7-12H2,1-2H3/b6-4-/t15?,16-/m1/s1. The summed E-state index contributed by atoms with van der Waals surface area (Å²) in [6, 6.07) is -0.251. The van der Waals surface area contributed by atoms with Gasteiger partial charge in [0.25, 0.3) is 0 Å². The lowest BCUT2D eigenvalue weighted by Gasteiger charge is -2.35. The fraction of sp³-hybridized carbons (Fsp3) is 0.765. The van der Waals surface area contributed by atoms with E-state index in [-0.39, 0.29) is 30.4 Å². The number of rotatable bonds is 9. The molecule has 0 aromatic heterocycles. The van der Waals surface area contributed by atoms with Crippen molar-refractivity contribution in [3.05, 3.63) is 12.2 Å². The van der Waals surface area contributed by atoms with E-state index in [0.717, 1.165) is 25.5 Å². The van der Waals surface area contributed by atoms with Crippen molar-refractivity contribution in [2.75, 3.05) is 26.4 Å². The van der Waals surface area contributed by atoms with Crippen molar-refractivity contribution in [1.82, 2.24) is 4.90 Å². The number of aliphatic hydroxyl groups is 1. The molecule has 0 spiro atoms. The topological polar surface area (TPSA) is 66.8 Å². The van der Waals surface area contributed by atoms with Crippen LogP contribution in [0.25, 0.3) is 0 Å². The van der Waals surface area contributed by atoms with Crippen LogP contribution >= 0.6 is 0 Å². The molecular formula is C17H29NO4. The van der Waals surface area contributed by atoms with E-state index in [1.807, 2.05) is 26.0 Å². The zero-order valence-corrected chi connectivity index (χ0v) is 13.7. The summed E-state index contributed by atoms with van der Waals surface area (Å²) in [6.07, 6.45) is 8.18. The van der Waals surface area contributed by atoms with E-state index < -0.39 is 0 Å². The van der Waals surface area contributed by atoms with Gasteiger partial charge in [-0.3, -0.25) is 4.79 Å². The third-order valence-corrected chi connectivity index (χ3v) is 4.12. The van der Waals surface area contributed by atoms with Crippen molar-refractivity contribution >= 4 is 12.2 Å². The van der Waals surface area contributed by atoms with Crippen LogP contribution in [0.3, 0.4) is 0 Å². The van der Waals surface area contributed by atoms with Gasteiger partial charge in [0.15, 0.2) is 0 Å². The van der Waals surface area contributed by atoms with E-state index in [9.17, 15) is 9.59 Å². The second-order valence-corrected chi connectivity index (χ2v) is 6.09. The van der Waals surface area contributed by atoms with Gasteiger partial charge in [0.2, 0.25) is 5.91 Å². The molecule has 126 valence electrons. The molecule has 0 saturated carbocycles. The number of ether oxygens (including phenoxy) is 1. The number of piperidine rings is 1. The molecule has 5 nitrogen and oxygen atoms in total. The van der Waals surface area contributed by atoms with Crippen molar-refractivity contribution in [3.63, 3.8) is 0 Å². The van der Waals surface area contributed by atoms with Gasteiger partial charge in [-0.25, -0.2) is 0 Å². The van der Waals surface area contributed by atoms with Gasteiger partial charge in [0, 0.05) is 12.5 Å². The number of likely N-dealkylation sites (tertiary alicyclic amines) is 1. The predicted octanol–water partition coefficient (Wildman–Crippen LogP) is 1.79. The molecule has 1 aliphatic rings. The zero-order valence-electron chi connectivity index (χ0n) is 13.7. The number of nitrogens with zero attached hydrogens (tertiary/aromatic N) is 1. The predicted molar refractivity (Wildman–Crippen MR) is 85.4 cm³/mol. The number of amides is 1. The lowest BCUT2D eigenvalue weighted by Crippen LogP contribution is -2.48. The number of aliphatic hydroxyl groups excluding tert-OH is 1. The van der Waals surface area contributed by atoms with E-state index in [4.69, 9.17) is 9.84 Å². The first-order valence-electron chi connectivity index (χ1n) is 8.21. The van der Waals surface area contributed by atoms with Crippen LogP contribution in [0.4, 0.5) is 0 Å². The first-order chi connectivity index (χ1) is 10.6. The van der Waals surface area contributed by atoms with Crippen LogP contribution in [0.1, 0.15) is 39.5 Å². The number of allylic oxidation sites excluding steroid dienone is 1. The van der Waals surface area contributed by atoms with E-state index in [1.165, 1.54) is 0 Å². The smallest absolute Gasteiger partial charge is 0.226 e. The number of carbonyl (C=O) groups excluding carboxylic acids is 2. The largest absolute Gasteiger partial charge is 0.394 e. The Morgan fingerprint density at radius 2 is 2.14 bits per heavy atom. The van der Waals surface area contributed by atoms with Gasteiger partial charge in [-0.2, -0.15) is 0 Å². The summed E-state index contributed by atoms with van der Waals surface area (Å²) in [4.78, 5) is 25.7. The highest BCUT2D eigenvalue weighted by molar-refractivity contribution is 5.82. The zero-order chi connectivity index (χ0) is 16.4. The maximum absolute atomic E-state index is 12.7. The Morgan fingerprint density at radius 1 is 1.36 bits per heavy atom. The van der Waals surface area contributed by atoms with E-state index in [0.29, 0.717) is 26.2 Å². The molecule has 0 radical (unpaired) electrons. The Bertz CT molecular complexity index is 368. The van der Waals surface area contributed by atoms with Crippen LogP contribution in [-0.2, 0) is 14.3 Å². The number of hydrogen-bond donors (Lipinski definition) is 1. The fourth-order valence-electron chi connectivity index (χ4n) is 2.77. The lowest BCUT2D eigenvalue weighted by atomic mass is 9.89. The molecule has 1 fully saturated rings. The molecule has 0 aromatic carbocycles. The molecule has 2 atom stereocenters. The molecule has 0 aliphatic carbocycles. The molecule has 1 N–H and O–H groups in total. The van der Waals surface area contributed by atoms with Crippen LogP contribution < -0.4 is 0 Å². The van der Waals surface area contributed by atoms with Gasteiger partial charge in [0.05, 0.1) is 25.9 Å². The monoisotopic (exact) mass is 311 g/mol. The highest BCUT2D eigenvalue weighted by atomic mass is 16.5. The molecule has 0 aromatic rings. The third-order valence-electron chi connectivity index (χ3n) is 4.12. The Labute approximate surface area is 133 Å². The maximum atomic E-state index is 12.7. The minimum atomic E-state index is -0.251. The van der Waals surface area contributed by atoms with Crippen molar-refractivity contribution in [2.24, 2.45) is 11.8 Å². The van der Waals surface area contributed by atoms with Crippen LogP contribution in [0, 0.1) is 11.8 Å². The minimum Gasteiger partial charge on any atom is -0.394 e. The Kier molecular flexibility index (Phi) is 9.01. The summed E-state index contributed by atoms with van der Waals surface area (Å²) < 4.78 is 5.16. The highest BCUT2D eigenvalue weighted by Crippen LogP contribution is 2.24. The summed E-state index contributed by atoms with van der Waals surface area (Å²) in [5, 5.41) is 8.62. The van der Waals surface area contributed by atoms with Crippen molar-refractivity contribution < 1.29 is 19.4 Å². The van der Waals surface area contributed by atoms with Crippen LogP contribution in [0.5, 0.6) is 0 Å².